The third kappa shape index (κ3) is 3.90. The minimum absolute atomic E-state index is 0.0836. The van der Waals surface area contributed by atoms with Crippen LogP contribution in [0.1, 0.15) is 15.4 Å². The zero-order valence-corrected chi connectivity index (χ0v) is 16.0. The molecule has 0 aliphatic rings. The smallest absolute Gasteiger partial charge is 0.265 e. The number of amides is 1. The van der Waals surface area contributed by atoms with E-state index in [0.29, 0.717) is 32.7 Å². The summed E-state index contributed by atoms with van der Waals surface area (Å²) in [7, 11) is 0. The fraction of sp³-hybridized carbons (Fsp3) is 0.0500. The number of benzene rings is 1. The van der Waals surface area contributed by atoms with Gasteiger partial charge in [0.1, 0.15) is 18.0 Å². The molecule has 28 heavy (non-hydrogen) atoms. The Morgan fingerprint density at radius 2 is 2.04 bits per heavy atom. The zero-order valence-electron chi connectivity index (χ0n) is 14.5. The summed E-state index contributed by atoms with van der Waals surface area (Å²) in [5.41, 5.74) is 1.26. The Kier molecular flexibility index (Phi) is 5.10. The van der Waals surface area contributed by atoms with Gasteiger partial charge in [-0.1, -0.05) is 29.8 Å². The fourth-order valence-corrected chi connectivity index (χ4v) is 3.42. The van der Waals surface area contributed by atoms with Crippen LogP contribution in [0.4, 0.5) is 5.69 Å². The molecule has 1 N–H and O–H groups in total. The predicted molar refractivity (Wildman–Crippen MR) is 110 cm³/mol. The molecule has 4 aromatic rings. The normalized spacial score (nSPS) is 10.8. The maximum absolute atomic E-state index is 12.3. The number of carbonyl (C=O) groups excluding carboxylic acids is 1. The molecular weight excluding hydrogens is 398 g/mol. The van der Waals surface area contributed by atoms with Crippen molar-refractivity contribution in [2.24, 2.45) is 0 Å². The quantitative estimate of drug-likeness (QED) is 0.533. The number of aromatic nitrogens is 2. The first-order valence-electron chi connectivity index (χ1n) is 8.35. The van der Waals surface area contributed by atoms with Gasteiger partial charge >= 0.3 is 0 Å². The number of hydrogen-bond acceptors (Lipinski definition) is 5. The van der Waals surface area contributed by atoms with E-state index in [2.05, 4.69) is 10.3 Å². The van der Waals surface area contributed by atoms with Crippen molar-refractivity contribution in [2.75, 3.05) is 5.32 Å². The number of para-hydroxylation sites is 2. The molecule has 1 aromatic carbocycles. The number of fused-ring (bicyclic) bond motifs is 1. The van der Waals surface area contributed by atoms with E-state index in [4.69, 9.17) is 16.3 Å². The van der Waals surface area contributed by atoms with Crippen LogP contribution in [-0.2, 0) is 6.61 Å². The predicted octanol–water partition coefficient (Wildman–Crippen LogP) is 4.24. The summed E-state index contributed by atoms with van der Waals surface area (Å²) in [6.45, 7) is 0.0836. The van der Waals surface area contributed by atoms with Gasteiger partial charge in [-0.25, -0.2) is 4.98 Å². The number of halogens is 1. The Bertz CT molecular complexity index is 1210. The number of nitrogens with zero attached hydrogens (tertiary/aromatic N) is 2. The van der Waals surface area contributed by atoms with Crippen LogP contribution >= 0.6 is 22.9 Å². The molecule has 3 aromatic heterocycles. The first kappa shape index (κ1) is 18.2. The molecule has 0 aliphatic carbocycles. The highest BCUT2D eigenvalue weighted by molar-refractivity contribution is 7.12. The molecule has 0 radical (unpaired) electrons. The standard InChI is InChI=1S/C20H14ClN3O3S/c21-13-7-8-18-22-14(10-19(25)24(18)11-13)12-27-16-5-2-1-4-15(16)23-20(26)17-6-3-9-28-17/h1-11H,12H2,(H,23,26). The van der Waals surface area contributed by atoms with E-state index < -0.39 is 0 Å². The van der Waals surface area contributed by atoms with Gasteiger partial charge in [0.15, 0.2) is 0 Å². The molecule has 0 aliphatic heterocycles. The first-order valence-corrected chi connectivity index (χ1v) is 9.60. The second kappa shape index (κ2) is 7.84. The molecular formula is C20H14ClN3O3S. The van der Waals surface area contributed by atoms with Gasteiger partial charge in [0.05, 0.1) is 21.3 Å². The average molecular weight is 412 g/mol. The van der Waals surface area contributed by atoms with Crippen molar-refractivity contribution in [3.05, 3.63) is 92.1 Å². The third-order valence-electron chi connectivity index (χ3n) is 3.93. The molecule has 0 fully saturated rings. The maximum Gasteiger partial charge on any atom is 0.265 e. The Morgan fingerprint density at radius 3 is 2.86 bits per heavy atom. The number of hydrogen-bond donors (Lipinski definition) is 1. The van der Waals surface area contributed by atoms with Gasteiger partial charge in [-0.15, -0.1) is 11.3 Å². The number of ether oxygens (including phenoxy) is 1. The highest BCUT2D eigenvalue weighted by Gasteiger charge is 2.11. The second-order valence-corrected chi connectivity index (χ2v) is 7.26. The monoisotopic (exact) mass is 411 g/mol. The summed E-state index contributed by atoms with van der Waals surface area (Å²) >= 11 is 7.28. The molecule has 140 valence electrons. The van der Waals surface area contributed by atoms with Crippen molar-refractivity contribution in [3.63, 3.8) is 0 Å². The molecule has 8 heteroatoms. The van der Waals surface area contributed by atoms with E-state index in [1.54, 1.807) is 42.5 Å². The van der Waals surface area contributed by atoms with Crippen LogP contribution < -0.4 is 15.6 Å². The van der Waals surface area contributed by atoms with Crippen LogP contribution in [-0.4, -0.2) is 15.3 Å². The Labute approximate surface area is 169 Å². The Morgan fingerprint density at radius 1 is 1.18 bits per heavy atom. The van der Waals surface area contributed by atoms with Crippen LogP contribution in [0.15, 0.2) is 71.0 Å². The highest BCUT2D eigenvalue weighted by atomic mass is 35.5. The summed E-state index contributed by atoms with van der Waals surface area (Å²) in [5.74, 6) is 0.288. The summed E-state index contributed by atoms with van der Waals surface area (Å²) in [4.78, 5) is 29.6. The number of thiophene rings is 1. The third-order valence-corrected chi connectivity index (χ3v) is 5.02. The fourth-order valence-electron chi connectivity index (χ4n) is 2.64. The van der Waals surface area contributed by atoms with Gasteiger partial charge in [0.2, 0.25) is 0 Å². The van der Waals surface area contributed by atoms with Crippen molar-refractivity contribution in [2.45, 2.75) is 6.61 Å². The van der Waals surface area contributed by atoms with E-state index >= 15 is 0 Å². The number of carbonyl (C=O) groups is 1. The lowest BCUT2D eigenvalue weighted by Gasteiger charge is -2.12. The molecule has 0 atom stereocenters. The van der Waals surface area contributed by atoms with E-state index in [1.807, 2.05) is 11.4 Å². The molecule has 6 nitrogen and oxygen atoms in total. The lowest BCUT2D eigenvalue weighted by atomic mass is 10.3. The van der Waals surface area contributed by atoms with E-state index in [0.717, 1.165) is 0 Å². The van der Waals surface area contributed by atoms with Crippen LogP contribution in [0.2, 0.25) is 5.02 Å². The number of pyridine rings is 1. The molecule has 0 bridgehead atoms. The van der Waals surface area contributed by atoms with E-state index in [1.165, 1.54) is 28.0 Å². The molecule has 0 unspecified atom stereocenters. The Balaban J connectivity index is 1.54. The molecule has 0 spiro atoms. The lowest BCUT2D eigenvalue weighted by Crippen LogP contribution is -2.16. The van der Waals surface area contributed by atoms with Crippen molar-refractivity contribution < 1.29 is 9.53 Å². The molecule has 4 rings (SSSR count). The minimum Gasteiger partial charge on any atom is -0.485 e. The molecule has 0 saturated carbocycles. The maximum atomic E-state index is 12.3. The van der Waals surface area contributed by atoms with E-state index in [9.17, 15) is 9.59 Å². The van der Waals surface area contributed by atoms with Gasteiger partial charge in [-0.3, -0.25) is 14.0 Å². The van der Waals surface area contributed by atoms with Crippen LogP contribution in [0, 0.1) is 0 Å². The van der Waals surface area contributed by atoms with Gasteiger partial charge in [0.25, 0.3) is 11.5 Å². The van der Waals surface area contributed by atoms with Crippen molar-refractivity contribution >= 4 is 40.2 Å². The summed E-state index contributed by atoms with van der Waals surface area (Å²) in [5, 5.41) is 5.14. The van der Waals surface area contributed by atoms with Crippen molar-refractivity contribution in [3.8, 4) is 5.75 Å². The van der Waals surface area contributed by atoms with Gasteiger partial charge in [-0.2, -0.15) is 0 Å². The first-order chi connectivity index (χ1) is 13.6. The van der Waals surface area contributed by atoms with Crippen molar-refractivity contribution in [1.29, 1.82) is 0 Å². The SMILES string of the molecule is O=C(Nc1ccccc1OCc1cc(=O)n2cc(Cl)ccc2n1)c1cccs1. The minimum atomic E-state index is -0.245. The average Bonchev–Trinajstić information content (AvgIpc) is 3.23. The zero-order chi connectivity index (χ0) is 19.5. The molecule has 1 amide bonds. The largest absolute Gasteiger partial charge is 0.485 e. The number of rotatable bonds is 5. The summed E-state index contributed by atoms with van der Waals surface area (Å²) in [6.07, 6.45) is 1.52. The number of nitrogens with one attached hydrogen (secondary N) is 1. The van der Waals surface area contributed by atoms with Gasteiger partial charge in [0, 0.05) is 12.3 Å². The van der Waals surface area contributed by atoms with Gasteiger partial charge < -0.3 is 10.1 Å². The Hall–Kier alpha value is -3.16. The number of anilines is 1. The molecule has 0 saturated heterocycles. The summed E-state index contributed by atoms with van der Waals surface area (Å²) in [6, 6.07) is 15.4. The van der Waals surface area contributed by atoms with Gasteiger partial charge in [-0.05, 0) is 35.7 Å². The van der Waals surface area contributed by atoms with E-state index in [-0.39, 0.29) is 18.1 Å². The van der Waals surface area contributed by atoms with Crippen LogP contribution in [0.3, 0.4) is 0 Å². The topological polar surface area (TPSA) is 72.7 Å². The van der Waals surface area contributed by atoms with Crippen LogP contribution in [0.5, 0.6) is 5.75 Å². The second-order valence-electron chi connectivity index (χ2n) is 5.88. The highest BCUT2D eigenvalue weighted by Crippen LogP contribution is 2.25. The lowest BCUT2D eigenvalue weighted by molar-refractivity contribution is 0.103. The van der Waals surface area contributed by atoms with Crippen LogP contribution in [0.25, 0.3) is 5.65 Å². The van der Waals surface area contributed by atoms with Crippen molar-refractivity contribution in [1.82, 2.24) is 9.38 Å². The molecule has 3 heterocycles. The summed E-state index contributed by atoms with van der Waals surface area (Å²) < 4.78 is 7.20.